The zero-order valence-corrected chi connectivity index (χ0v) is 16.5. The lowest BCUT2D eigenvalue weighted by Gasteiger charge is -2.53. The average molecular weight is 286 g/mol. The smallest absolute Gasteiger partial charge is 0.0488 e. The second kappa shape index (κ2) is 5.98. The molecule has 0 aliphatic carbocycles. The van der Waals surface area contributed by atoms with E-state index in [0.29, 0.717) is 0 Å². The zero-order valence-electron chi connectivity index (χ0n) is 12.5. The van der Waals surface area contributed by atoms with Crippen molar-refractivity contribution in [3.63, 3.8) is 0 Å². The lowest BCUT2D eigenvalue weighted by molar-refractivity contribution is 1.25. The molecule has 0 rings (SSSR count). The van der Waals surface area contributed by atoms with E-state index in [4.69, 9.17) is 0 Å². The van der Waals surface area contributed by atoms with Gasteiger partial charge in [-0.1, -0.05) is 62.4 Å². The van der Waals surface area contributed by atoms with Gasteiger partial charge in [0.25, 0.3) is 0 Å². The average Bonchev–Trinajstić information content (AvgIpc) is 2.00. The summed E-state index contributed by atoms with van der Waals surface area (Å²) >= 11 is 0. The molecule has 0 aromatic rings. The van der Waals surface area contributed by atoms with Crippen LogP contribution in [0.4, 0.5) is 0 Å². The van der Waals surface area contributed by atoms with E-state index in [1.165, 1.54) is 6.04 Å². The Balaban J connectivity index is 5.60. The Labute approximate surface area is 109 Å². The maximum absolute atomic E-state index is 4.01. The second-order valence-electron chi connectivity index (χ2n) is 6.13. The van der Waals surface area contributed by atoms with Crippen LogP contribution in [0.1, 0.15) is 0 Å². The monoisotopic (exact) mass is 285 g/mol. The molecule has 0 saturated heterocycles. The van der Waals surface area contributed by atoms with Crippen molar-refractivity contribution < 1.29 is 0 Å². The maximum atomic E-state index is 4.01. The number of hydrogen-bond acceptors (Lipinski definition) is 0. The number of rotatable bonds is 6. The molecule has 0 aliphatic heterocycles. The molecule has 0 saturated carbocycles. The zero-order chi connectivity index (χ0) is 13.1. The quantitative estimate of drug-likeness (QED) is 0.498. The van der Waals surface area contributed by atoms with E-state index >= 15 is 0 Å². The van der Waals surface area contributed by atoms with Gasteiger partial charge in [-0.25, -0.2) is 0 Å². The summed E-state index contributed by atoms with van der Waals surface area (Å²) in [7, 11) is -1.77. The summed E-state index contributed by atoms with van der Waals surface area (Å²) in [5.41, 5.74) is 0. The Kier molecular flexibility index (Phi) is 6.20. The summed E-state index contributed by atoms with van der Waals surface area (Å²) < 4.78 is 0.821. The van der Waals surface area contributed by atoms with Crippen molar-refractivity contribution in [1.82, 2.24) is 0 Å². The van der Waals surface area contributed by atoms with Crippen LogP contribution in [0.3, 0.4) is 0 Å². The van der Waals surface area contributed by atoms with Crippen molar-refractivity contribution in [3.8, 4) is 0 Å². The minimum absolute atomic E-state index is 0.206. The van der Waals surface area contributed by atoms with Crippen LogP contribution in [-0.4, -0.2) is 34.5 Å². The number of hydrogen-bond donors (Lipinski definition) is 0. The fraction of sp³-hybridized carbons (Fsp3) is 0.833. The van der Waals surface area contributed by atoms with E-state index in [9.17, 15) is 0 Å². The van der Waals surface area contributed by atoms with Gasteiger partial charge in [0, 0.05) is 34.5 Å². The van der Waals surface area contributed by atoms with Gasteiger partial charge in [-0.15, -0.1) is 6.58 Å². The van der Waals surface area contributed by atoms with E-state index in [2.05, 4.69) is 65.0 Å². The van der Waals surface area contributed by atoms with Crippen molar-refractivity contribution in [2.75, 3.05) is 0 Å². The molecule has 0 N–H and O–H groups in total. The molecule has 0 bridgehead atoms. The molecular formula is C12H29Si4. The lowest BCUT2D eigenvalue weighted by atomic mass is 10.8. The van der Waals surface area contributed by atoms with E-state index in [-0.39, 0.29) is 26.4 Å². The third-order valence-electron chi connectivity index (χ3n) is 3.92. The van der Waals surface area contributed by atoms with E-state index in [1.54, 1.807) is 0 Å². The molecule has 0 heterocycles. The van der Waals surface area contributed by atoms with Gasteiger partial charge in [0.15, 0.2) is 0 Å². The highest BCUT2D eigenvalue weighted by Crippen LogP contribution is 2.47. The van der Waals surface area contributed by atoms with Crippen LogP contribution < -0.4 is 0 Å². The van der Waals surface area contributed by atoms with E-state index in [0.717, 1.165) is 3.91 Å². The molecule has 0 atom stereocenters. The van der Waals surface area contributed by atoms with Crippen molar-refractivity contribution in [1.29, 1.82) is 0 Å². The first-order valence-corrected chi connectivity index (χ1v) is 16.9. The minimum Gasteiger partial charge on any atom is -0.103 e. The Hall–Kier alpha value is 0.608. The topological polar surface area (TPSA) is 0 Å². The third-order valence-corrected chi connectivity index (χ3v) is 31.4. The maximum Gasteiger partial charge on any atom is 0.0488 e. The first kappa shape index (κ1) is 16.6. The van der Waals surface area contributed by atoms with Gasteiger partial charge in [-0.05, 0) is 6.04 Å². The first-order chi connectivity index (χ1) is 7.14. The Morgan fingerprint density at radius 1 is 0.938 bits per heavy atom. The molecule has 16 heavy (non-hydrogen) atoms. The molecule has 0 aliphatic rings. The largest absolute Gasteiger partial charge is 0.103 e. The Morgan fingerprint density at radius 3 is 1.44 bits per heavy atom. The summed E-state index contributed by atoms with van der Waals surface area (Å²) in [4.78, 5) is 0. The third kappa shape index (κ3) is 2.71. The summed E-state index contributed by atoms with van der Waals surface area (Å²) in [6.07, 6.45) is 2.20. The summed E-state index contributed by atoms with van der Waals surface area (Å²) in [6, 6.07) is 1.31. The van der Waals surface area contributed by atoms with E-state index < -0.39 is 8.07 Å². The van der Waals surface area contributed by atoms with Crippen LogP contribution in [-0.2, 0) is 0 Å². The highest BCUT2D eigenvalue weighted by molar-refractivity contribution is 7.17. The first-order valence-electron chi connectivity index (χ1n) is 6.17. The Morgan fingerprint density at radius 2 is 1.25 bits per heavy atom. The van der Waals surface area contributed by atoms with Gasteiger partial charge in [-0.3, -0.25) is 0 Å². The fourth-order valence-electron chi connectivity index (χ4n) is 4.04. The van der Waals surface area contributed by atoms with Crippen LogP contribution in [0, 0.1) is 0 Å². The molecular weight excluding hydrogens is 256 g/mol. The predicted molar refractivity (Wildman–Crippen MR) is 87.6 cm³/mol. The fourth-order valence-corrected chi connectivity index (χ4v) is 34.2. The van der Waals surface area contributed by atoms with Crippen LogP contribution in [0.25, 0.3) is 0 Å². The molecule has 0 unspecified atom stereocenters. The molecule has 0 amide bonds. The molecule has 0 fully saturated rings. The summed E-state index contributed by atoms with van der Waals surface area (Å²) in [5.74, 6) is 0. The van der Waals surface area contributed by atoms with Gasteiger partial charge in [-0.2, -0.15) is 0 Å². The highest BCUT2D eigenvalue weighted by atomic mass is 28.5. The molecule has 3 radical (unpaired) electrons. The lowest BCUT2D eigenvalue weighted by Crippen LogP contribution is -2.62. The van der Waals surface area contributed by atoms with E-state index in [1.807, 2.05) is 0 Å². The molecule has 4 heteroatoms. The SMILES string of the molecule is C=CC[Si](C)(C)C([Si](C)C)([Si](C)C)[Si](C)C. The van der Waals surface area contributed by atoms with Crippen molar-refractivity contribution in [2.24, 2.45) is 0 Å². The molecule has 0 nitrogen and oxygen atoms in total. The number of allylic oxidation sites excluding steroid dienone is 1. The van der Waals surface area contributed by atoms with Gasteiger partial charge < -0.3 is 0 Å². The molecule has 93 valence electrons. The van der Waals surface area contributed by atoms with Crippen LogP contribution in [0.15, 0.2) is 12.7 Å². The summed E-state index contributed by atoms with van der Waals surface area (Å²) in [5, 5.41) is 0. The second-order valence-corrected chi connectivity index (χ2v) is 22.3. The van der Waals surface area contributed by atoms with Gasteiger partial charge in [0.05, 0.1) is 0 Å². The minimum atomic E-state index is -1.15. The highest BCUT2D eigenvalue weighted by Gasteiger charge is 2.53. The normalized spacial score (nSPS) is 13.9. The predicted octanol–water partition coefficient (Wildman–Crippen LogP) is 4.50. The van der Waals surface area contributed by atoms with Gasteiger partial charge in [0.2, 0.25) is 0 Å². The van der Waals surface area contributed by atoms with Crippen LogP contribution >= 0.6 is 0 Å². The molecule has 0 aromatic heterocycles. The van der Waals surface area contributed by atoms with Crippen molar-refractivity contribution >= 4 is 34.5 Å². The molecule has 0 aromatic carbocycles. The standard InChI is InChI=1S/C12H29Si4/c1-10-11-16(8,9)12(13(2)3,14(4)5)15(6)7/h10H,1,11H2,2-9H3. The van der Waals surface area contributed by atoms with Gasteiger partial charge >= 0.3 is 0 Å². The van der Waals surface area contributed by atoms with Gasteiger partial charge in [0.1, 0.15) is 0 Å². The summed E-state index contributed by atoms with van der Waals surface area (Å²) in [6.45, 7) is 24.7. The Bertz CT molecular complexity index is 209. The van der Waals surface area contributed by atoms with Crippen LogP contribution in [0.2, 0.25) is 62.3 Å². The van der Waals surface area contributed by atoms with Crippen molar-refractivity contribution in [2.45, 2.75) is 62.3 Å². The molecule has 0 spiro atoms. The van der Waals surface area contributed by atoms with Crippen molar-refractivity contribution in [3.05, 3.63) is 12.7 Å². The van der Waals surface area contributed by atoms with Crippen LogP contribution in [0.5, 0.6) is 0 Å².